The molecule has 1 saturated heterocycles. The standard InChI is InChI=1S/C25H30N4O4/c1-26(20-6-3-2-4-7-20)25(31)18-10-11-22(23(13-18)29(32)33)27-14-17-12-19(16-27)21-8-5-9-24(30)28(21)15-17/h5,8-11,13,17,19-20H,2-4,6-7,12,14-16H2,1H3. The number of rotatable bonds is 4. The highest BCUT2D eigenvalue weighted by Gasteiger charge is 2.36. The fourth-order valence-corrected chi connectivity index (χ4v) is 6.00. The Kier molecular flexibility index (Phi) is 5.68. The second-order valence-electron chi connectivity index (χ2n) is 9.77. The van der Waals surface area contributed by atoms with E-state index in [1.54, 1.807) is 29.2 Å². The number of pyridine rings is 1. The number of nitro groups is 1. The number of hydrogen-bond acceptors (Lipinski definition) is 5. The monoisotopic (exact) mass is 450 g/mol. The van der Waals surface area contributed by atoms with Crippen LogP contribution in [0, 0.1) is 16.0 Å². The smallest absolute Gasteiger partial charge is 0.293 e. The second kappa shape index (κ2) is 8.65. The number of carbonyl (C=O) groups is 1. The molecule has 0 spiro atoms. The van der Waals surface area contributed by atoms with Gasteiger partial charge in [-0.25, -0.2) is 0 Å². The van der Waals surface area contributed by atoms with E-state index in [9.17, 15) is 19.7 Å². The number of benzene rings is 1. The van der Waals surface area contributed by atoms with Crippen LogP contribution in [-0.4, -0.2) is 46.5 Å². The molecule has 2 fully saturated rings. The van der Waals surface area contributed by atoms with Crippen LogP contribution in [0.4, 0.5) is 11.4 Å². The van der Waals surface area contributed by atoms with Crippen molar-refractivity contribution in [2.75, 3.05) is 25.0 Å². The average Bonchev–Trinajstić information content (AvgIpc) is 2.84. The Morgan fingerprint density at radius 2 is 1.88 bits per heavy atom. The van der Waals surface area contributed by atoms with Gasteiger partial charge in [0.25, 0.3) is 17.2 Å². The Morgan fingerprint density at radius 3 is 2.64 bits per heavy atom. The summed E-state index contributed by atoms with van der Waals surface area (Å²) >= 11 is 0. The van der Waals surface area contributed by atoms with Crippen LogP contribution in [0.5, 0.6) is 0 Å². The number of nitrogens with zero attached hydrogens (tertiary/aromatic N) is 4. The minimum absolute atomic E-state index is 0.0200. The molecule has 2 atom stereocenters. The SMILES string of the molecule is CN(C(=O)c1ccc(N2CC3CC(C2)c2cccc(=O)n2C3)c([N+](=O)[O-])c1)C1CCCCC1. The van der Waals surface area contributed by atoms with Crippen LogP contribution in [0.1, 0.15) is 60.5 Å². The summed E-state index contributed by atoms with van der Waals surface area (Å²) in [5.41, 5.74) is 1.92. The molecule has 3 aliphatic rings. The summed E-state index contributed by atoms with van der Waals surface area (Å²) in [5, 5.41) is 12.0. The summed E-state index contributed by atoms with van der Waals surface area (Å²) in [6.45, 7) is 1.92. The lowest BCUT2D eigenvalue weighted by Crippen LogP contribution is -2.47. The topological polar surface area (TPSA) is 88.7 Å². The van der Waals surface area contributed by atoms with E-state index in [2.05, 4.69) is 4.90 Å². The normalized spacial score (nSPS) is 22.5. The summed E-state index contributed by atoms with van der Waals surface area (Å²) in [6.07, 6.45) is 6.40. The van der Waals surface area contributed by atoms with Gasteiger partial charge in [0.1, 0.15) is 5.69 Å². The van der Waals surface area contributed by atoms with E-state index in [0.717, 1.165) is 37.8 Å². The van der Waals surface area contributed by atoms with E-state index < -0.39 is 0 Å². The molecule has 1 aliphatic carbocycles. The zero-order chi connectivity index (χ0) is 23.1. The highest BCUT2D eigenvalue weighted by Crippen LogP contribution is 2.40. The van der Waals surface area contributed by atoms with Crippen molar-refractivity contribution in [2.24, 2.45) is 5.92 Å². The van der Waals surface area contributed by atoms with Crippen molar-refractivity contribution in [2.45, 2.75) is 57.0 Å². The molecular weight excluding hydrogens is 420 g/mol. The van der Waals surface area contributed by atoms with Crippen LogP contribution >= 0.6 is 0 Å². The molecule has 8 nitrogen and oxygen atoms in total. The Hall–Kier alpha value is -3.16. The van der Waals surface area contributed by atoms with Gasteiger partial charge in [0, 0.05) is 62.0 Å². The Balaban J connectivity index is 1.42. The van der Waals surface area contributed by atoms with Crippen molar-refractivity contribution < 1.29 is 9.72 Å². The fourth-order valence-electron chi connectivity index (χ4n) is 6.00. The van der Waals surface area contributed by atoms with Gasteiger partial charge < -0.3 is 14.4 Å². The highest BCUT2D eigenvalue weighted by atomic mass is 16.6. The first kappa shape index (κ1) is 21.7. The first-order chi connectivity index (χ1) is 15.9. The summed E-state index contributed by atoms with van der Waals surface area (Å²) in [6, 6.07) is 10.5. The van der Waals surface area contributed by atoms with E-state index in [4.69, 9.17) is 0 Å². The van der Waals surface area contributed by atoms with Gasteiger partial charge in [-0.05, 0) is 43.4 Å². The molecule has 1 amide bonds. The summed E-state index contributed by atoms with van der Waals surface area (Å²) < 4.78 is 1.85. The minimum atomic E-state index is -0.379. The molecule has 5 rings (SSSR count). The van der Waals surface area contributed by atoms with Crippen LogP contribution in [0.3, 0.4) is 0 Å². The van der Waals surface area contributed by atoms with Crippen molar-refractivity contribution in [3.05, 3.63) is 68.1 Å². The molecule has 2 bridgehead atoms. The zero-order valence-electron chi connectivity index (χ0n) is 19.0. The molecule has 2 aromatic rings. The van der Waals surface area contributed by atoms with Crippen molar-refractivity contribution in [3.63, 3.8) is 0 Å². The summed E-state index contributed by atoms with van der Waals surface area (Å²) in [7, 11) is 1.81. The number of piperidine rings is 1. The minimum Gasteiger partial charge on any atom is -0.365 e. The van der Waals surface area contributed by atoms with E-state index in [-0.39, 0.29) is 40.0 Å². The van der Waals surface area contributed by atoms with Crippen molar-refractivity contribution in [1.29, 1.82) is 0 Å². The average molecular weight is 451 g/mol. The third-order valence-electron chi connectivity index (χ3n) is 7.68. The third-order valence-corrected chi connectivity index (χ3v) is 7.68. The summed E-state index contributed by atoms with van der Waals surface area (Å²) in [4.78, 5) is 40.8. The maximum Gasteiger partial charge on any atom is 0.293 e. The predicted octanol–water partition coefficient (Wildman–Crippen LogP) is 3.78. The molecule has 174 valence electrons. The van der Waals surface area contributed by atoms with Gasteiger partial charge in [0.05, 0.1) is 4.92 Å². The van der Waals surface area contributed by atoms with Crippen molar-refractivity contribution >= 4 is 17.3 Å². The molecule has 2 aliphatic heterocycles. The maximum absolute atomic E-state index is 13.1. The van der Waals surface area contributed by atoms with Gasteiger partial charge >= 0.3 is 0 Å². The molecule has 1 aromatic heterocycles. The zero-order valence-corrected chi connectivity index (χ0v) is 19.0. The van der Waals surface area contributed by atoms with Crippen LogP contribution in [0.15, 0.2) is 41.2 Å². The number of aromatic nitrogens is 1. The number of fused-ring (bicyclic) bond motifs is 4. The van der Waals surface area contributed by atoms with Crippen LogP contribution in [0.25, 0.3) is 0 Å². The lowest BCUT2D eigenvalue weighted by Gasteiger charge is -2.43. The number of nitro benzene ring substituents is 1. The van der Waals surface area contributed by atoms with Crippen molar-refractivity contribution in [3.8, 4) is 0 Å². The molecule has 1 aromatic carbocycles. The Bertz CT molecular complexity index is 1140. The molecule has 0 N–H and O–H groups in total. The molecule has 2 unspecified atom stereocenters. The molecule has 0 radical (unpaired) electrons. The molecule has 8 heteroatoms. The van der Waals surface area contributed by atoms with E-state index in [0.29, 0.717) is 30.9 Å². The molecule has 33 heavy (non-hydrogen) atoms. The molecule has 1 saturated carbocycles. The lowest BCUT2D eigenvalue weighted by atomic mass is 9.83. The van der Waals surface area contributed by atoms with Crippen LogP contribution in [-0.2, 0) is 6.54 Å². The second-order valence-corrected chi connectivity index (χ2v) is 9.77. The Labute approximate surface area is 193 Å². The van der Waals surface area contributed by atoms with E-state index in [1.165, 1.54) is 12.5 Å². The largest absolute Gasteiger partial charge is 0.365 e. The van der Waals surface area contributed by atoms with Gasteiger partial charge in [0.2, 0.25) is 0 Å². The van der Waals surface area contributed by atoms with Crippen LogP contribution in [0.2, 0.25) is 0 Å². The van der Waals surface area contributed by atoms with Crippen LogP contribution < -0.4 is 10.5 Å². The maximum atomic E-state index is 13.1. The van der Waals surface area contributed by atoms with Crippen molar-refractivity contribution in [1.82, 2.24) is 9.47 Å². The molecule has 3 heterocycles. The molecular formula is C25H30N4O4. The summed E-state index contributed by atoms with van der Waals surface area (Å²) in [5.74, 6) is 0.264. The number of hydrogen-bond donors (Lipinski definition) is 0. The fraction of sp³-hybridized carbons (Fsp3) is 0.520. The van der Waals surface area contributed by atoms with Gasteiger partial charge in [-0.1, -0.05) is 25.3 Å². The number of anilines is 1. The predicted molar refractivity (Wildman–Crippen MR) is 126 cm³/mol. The lowest BCUT2D eigenvalue weighted by molar-refractivity contribution is -0.384. The number of amides is 1. The van der Waals surface area contributed by atoms with Gasteiger partial charge in [0.15, 0.2) is 0 Å². The van der Waals surface area contributed by atoms with Gasteiger partial charge in [-0.3, -0.25) is 19.7 Å². The Morgan fingerprint density at radius 1 is 1.09 bits per heavy atom. The third kappa shape index (κ3) is 4.03. The first-order valence-electron chi connectivity index (χ1n) is 11.9. The van der Waals surface area contributed by atoms with E-state index >= 15 is 0 Å². The number of carbonyl (C=O) groups excluding carboxylic acids is 1. The van der Waals surface area contributed by atoms with E-state index in [1.807, 2.05) is 17.7 Å². The quantitative estimate of drug-likeness (QED) is 0.522. The van der Waals surface area contributed by atoms with Gasteiger partial charge in [-0.15, -0.1) is 0 Å². The highest BCUT2D eigenvalue weighted by molar-refractivity contribution is 5.96. The van der Waals surface area contributed by atoms with Gasteiger partial charge in [-0.2, -0.15) is 0 Å². The first-order valence-corrected chi connectivity index (χ1v) is 11.9.